The predicted molar refractivity (Wildman–Crippen MR) is 61.2 cm³/mol. The Kier molecular flexibility index (Phi) is 3.76. The molecular weight excluding hydrogens is 226 g/mol. The summed E-state index contributed by atoms with van der Waals surface area (Å²) in [5.74, 6) is -0.895. The molecule has 1 aromatic heterocycles. The minimum atomic E-state index is -0.755. The number of aromatic nitrogens is 1. The first-order chi connectivity index (χ1) is 8.20. The normalized spacial score (nSPS) is 15.5. The SMILES string of the molecule is CNc1nc(OCCC2CCC2)c(F)cc1F. The molecule has 94 valence electrons. The lowest BCUT2D eigenvalue weighted by Crippen LogP contribution is -2.15. The summed E-state index contributed by atoms with van der Waals surface area (Å²) in [5, 5.41) is 2.55. The van der Waals surface area contributed by atoms with E-state index in [1.807, 2.05) is 0 Å². The Morgan fingerprint density at radius 3 is 2.76 bits per heavy atom. The van der Waals surface area contributed by atoms with Crippen molar-refractivity contribution in [2.45, 2.75) is 25.7 Å². The average molecular weight is 242 g/mol. The van der Waals surface area contributed by atoms with Crippen molar-refractivity contribution in [2.75, 3.05) is 19.0 Å². The van der Waals surface area contributed by atoms with Crippen LogP contribution in [0.25, 0.3) is 0 Å². The highest BCUT2D eigenvalue weighted by Gasteiger charge is 2.18. The van der Waals surface area contributed by atoms with Crippen LogP contribution in [-0.2, 0) is 0 Å². The molecule has 1 heterocycles. The highest BCUT2D eigenvalue weighted by Crippen LogP contribution is 2.29. The summed E-state index contributed by atoms with van der Waals surface area (Å²) in [6.07, 6.45) is 4.64. The third-order valence-electron chi connectivity index (χ3n) is 3.12. The number of nitrogens with one attached hydrogen (secondary N) is 1. The van der Waals surface area contributed by atoms with Gasteiger partial charge in [0.05, 0.1) is 6.61 Å². The minimum absolute atomic E-state index is 0.00467. The third kappa shape index (κ3) is 2.84. The smallest absolute Gasteiger partial charge is 0.252 e. The number of hydrogen-bond acceptors (Lipinski definition) is 3. The van der Waals surface area contributed by atoms with E-state index in [4.69, 9.17) is 4.74 Å². The lowest BCUT2D eigenvalue weighted by Gasteiger charge is -2.24. The third-order valence-corrected chi connectivity index (χ3v) is 3.12. The van der Waals surface area contributed by atoms with Crippen molar-refractivity contribution in [1.82, 2.24) is 4.98 Å². The first-order valence-electron chi connectivity index (χ1n) is 5.87. The van der Waals surface area contributed by atoms with E-state index >= 15 is 0 Å². The van der Waals surface area contributed by atoms with Crippen LogP contribution >= 0.6 is 0 Å². The molecule has 0 amide bonds. The molecule has 0 unspecified atom stereocenters. The van der Waals surface area contributed by atoms with Gasteiger partial charge in [0.1, 0.15) is 0 Å². The van der Waals surface area contributed by atoms with E-state index in [1.54, 1.807) is 0 Å². The summed E-state index contributed by atoms with van der Waals surface area (Å²) in [4.78, 5) is 3.75. The highest BCUT2D eigenvalue weighted by atomic mass is 19.1. The summed E-state index contributed by atoms with van der Waals surface area (Å²) in [6.45, 7) is 0.434. The maximum absolute atomic E-state index is 13.3. The van der Waals surface area contributed by atoms with Crippen molar-refractivity contribution < 1.29 is 13.5 Å². The number of nitrogens with zero attached hydrogens (tertiary/aromatic N) is 1. The average Bonchev–Trinajstić information content (AvgIpc) is 2.24. The largest absolute Gasteiger partial charge is 0.476 e. The van der Waals surface area contributed by atoms with E-state index in [9.17, 15) is 8.78 Å². The number of halogens is 2. The lowest BCUT2D eigenvalue weighted by molar-refractivity contribution is 0.211. The fourth-order valence-corrected chi connectivity index (χ4v) is 1.83. The van der Waals surface area contributed by atoms with Crippen molar-refractivity contribution in [3.05, 3.63) is 17.7 Å². The van der Waals surface area contributed by atoms with E-state index in [0.717, 1.165) is 12.5 Å². The number of rotatable bonds is 5. The molecule has 3 nitrogen and oxygen atoms in total. The maximum Gasteiger partial charge on any atom is 0.252 e. The molecule has 2 rings (SSSR count). The van der Waals surface area contributed by atoms with E-state index in [1.165, 1.54) is 26.3 Å². The van der Waals surface area contributed by atoms with Crippen LogP contribution in [0, 0.1) is 17.6 Å². The van der Waals surface area contributed by atoms with Crippen molar-refractivity contribution in [1.29, 1.82) is 0 Å². The van der Waals surface area contributed by atoms with Crippen LogP contribution in [0.15, 0.2) is 6.07 Å². The molecule has 1 aliphatic carbocycles. The summed E-state index contributed by atoms with van der Waals surface area (Å²) < 4.78 is 31.7. The topological polar surface area (TPSA) is 34.2 Å². The summed E-state index contributed by atoms with van der Waals surface area (Å²) in [6, 6.07) is 0.789. The molecule has 0 bridgehead atoms. The van der Waals surface area contributed by atoms with Crippen LogP contribution in [0.3, 0.4) is 0 Å². The van der Waals surface area contributed by atoms with Gasteiger partial charge in [-0.05, 0) is 12.3 Å². The molecule has 1 aliphatic rings. The summed E-state index contributed by atoms with van der Waals surface area (Å²) in [7, 11) is 1.53. The molecule has 1 saturated carbocycles. The number of anilines is 1. The molecule has 1 N–H and O–H groups in total. The fourth-order valence-electron chi connectivity index (χ4n) is 1.83. The molecule has 1 fully saturated rings. The molecule has 0 atom stereocenters. The van der Waals surface area contributed by atoms with Gasteiger partial charge in [-0.2, -0.15) is 4.98 Å². The molecule has 0 aliphatic heterocycles. The lowest BCUT2D eigenvalue weighted by atomic mass is 9.83. The van der Waals surface area contributed by atoms with Gasteiger partial charge in [-0.15, -0.1) is 0 Å². The first kappa shape index (κ1) is 12.1. The number of hydrogen-bond donors (Lipinski definition) is 1. The van der Waals surface area contributed by atoms with E-state index < -0.39 is 11.6 Å². The molecule has 0 radical (unpaired) electrons. The highest BCUT2D eigenvalue weighted by molar-refractivity contribution is 5.38. The van der Waals surface area contributed by atoms with Crippen LogP contribution in [0.2, 0.25) is 0 Å². The molecule has 0 saturated heterocycles. The van der Waals surface area contributed by atoms with Gasteiger partial charge in [0.25, 0.3) is 5.88 Å². The Bertz CT molecular complexity index is 394. The number of pyridine rings is 1. The zero-order valence-corrected chi connectivity index (χ0v) is 9.80. The predicted octanol–water partition coefficient (Wildman–Crippen LogP) is 2.97. The van der Waals surface area contributed by atoms with Crippen molar-refractivity contribution >= 4 is 5.82 Å². The van der Waals surface area contributed by atoms with E-state index in [0.29, 0.717) is 12.5 Å². The second-order valence-electron chi connectivity index (χ2n) is 4.29. The second-order valence-corrected chi connectivity index (χ2v) is 4.29. The van der Waals surface area contributed by atoms with Crippen LogP contribution < -0.4 is 10.1 Å². The van der Waals surface area contributed by atoms with E-state index in [2.05, 4.69) is 10.3 Å². The van der Waals surface area contributed by atoms with Crippen LogP contribution in [0.4, 0.5) is 14.6 Å². The Labute approximate surface area is 99.2 Å². The Morgan fingerprint density at radius 1 is 1.41 bits per heavy atom. The standard InChI is InChI=1S/C12H16F2N2O/c1-15-11-9(13)7-10(14)12(16-11)17-6-5-8-3-2-4-8/h7-8H,2-6H2,1H3,(H,15,16). The maximum atomic E-state index is 13.3. The Morgan fingerprint density at radius 2 is 2.18 bits per heavy atom. The summed E-state index contributed by atoms with van der Waals surface area (Å²) >= 11 is 0. The van der Waals surface area contributed by atoms with Crippen molar-refractivity contribution in [3.63, 3.8) is 0 Å². The van der Waals surface area contributed by atoms with Gasteiger partial charge in [0.2, 0.25) is 0 Å². The summed E-state index contributed by atoms with van der Waals surface area (Å²) in [5.41, 5.74) is 0. The van der Waals surface area contributed by atoms with Gasteiger partial charge in [0, 0.05) is 13.1 Å². The molecular formula is C12H16F2N2O. The van der Waals surface area contributed by atoms with Gasteiger partial charge in [-0.25, -0.2) is 8.78 Å². The first-order valence-corrected chi connectivity index (χ1v) is 5.87. The number of ether oxygens (including phenoxy) is 1. The van der Waals surface area contributed by atoms with E-state index in [-0.39, 0.29) is 11.7 Å². The van der Waals surface area contributed by atoms with Gasteiger partial charge in [-0.1, -0.05) is 19.3 Å². The molecule has 5 heteroatoms. The molecule has 1 aromatic rings. The van der Waals surface area contributed by atoms with Crippen molar-refractivity contribution in [3.8, 4) is 5.88 Å². The molecule has 0 aromatic carbocycles. The van der Waals surface area contributed by atoms with Gasteiger partial charge < -0.3 is 10.1 Å². The van der Waals surface area contributed by atoms with Crippen LogP contribution in [0.1, 0.15) is 25.7 Å². The van der Waals surface area contributed by atoms with Crippen LogP contribution in [0.5, 0.6) is 5.88 Å². The van der Waals surface area contributed by atoms with Gasteiger partial charge >= 0.3 is 0 Å². The Hall–Kier alpha value is -1.39. The quantitative estimate of drug-likeness (QED) is 0.862. The zero-order valence-electron chi connectivity index (χ0n) is 9.80. The Balaban J connectivity index is 1.94. The zero-order chi connectivity index (χ0) is 12.3. The monoisotopic (exact) mass is 242 g/mol. The molecule has 17 heavy (non-hydrogen) atoms. The van der Waals surface area contributed by atoms with Crippen molar-refractivity contribution in [2.24, 2.45) is 5.92 Å². The van der Waals surface area contributed by atoms with Gasteiger partial charge in [0.15, 0.2) is 17.5 Å². The van der Waals surface area contributed by atoms with Crippen LogP contribution in [-0.4, -0.2) is 18.6 Å². The van der Waals surface area contributed by atoms with Gasteiger partial charge in [-0.3, -0.25) is 0 Å². The minimum Gasteiger partial charge on any atom is -0.476 e. The second kappa shape index (κ2) is 5.29. The fraction of sp³-hybridized carbons (Fsp3) is 0.583. The molecule has 0 spiro atoms.